The molecule has 0 aliphatic rings. The second-order valence-corrected chi connectivity index (χ2v) is 5.79. The third-order valence-electron chi connectivity index (χ3n) is 3.23. The summed E-state index contributed by atoms with van der Waals surface area (Å²) in [5, 5.41) is 4.08. The number of hydrogen-bond donors (Lipinski definition) is 3. The number of methoxy groups -OCH3 is 1. The third kappa shape index (κ3) is 5.72. The van der Waals surface area contributed by atoms with Gasteiger partial charge in [-0.15, -0.1) is 0 Å². The van der Waals surface area contributed by atoms with Crippen LogP contribution >= 0.6 is 23.8 Å². The minimum absolute atomic E-state index is 0.296. The molecule has 0 radical (unpaired) electrons. The fourth-order valence-electron chi connectivity index (χ4n) is 1.97. The smallest absolute Gasteiger partial charge is 0.269 e. The summed E-state index contributed by atoms with van der Waals surface area (Å²) in [6, 6.07) is 14.5. The highest BCUT2D eigenvalue weighted by Crippen LogP contribution is 2.12. The van der Waals surface area contributed by atoms with Gasteiger partial charge in [0.25, 0.3) is 5.91 Å². The lowest BCUT2D eigenvalue weighted by atomic mass is 10.1. The van der Waals surface area contributed by atoms with Crippen LogP contribution in [0.25, 0.3) is 0 Å². The quantitative estimate of drug-likeness (QED) is 0.563. The summed E-state index contributed by atoms with van der Waals surface area (Å²) in [5.41, 5.74) is 6.84. The lowest BCUT2D eigenvalue weighted by Crippen LogP contribution is -2.47. The van der Waals surface area contributed by atoms with Gasteiger partial charge in [0.15, 0.2) is 5.11 Å². The molecule has 7 heteroatoms. The van der Waals surface area contributed by atoms with Crippen LogP contribution in [0, 0.1) is 0 Å². The molecule has 3 N–H and O–H groups in total. The standard InChI is InChI=1S/C17H18ClN3O2S/c1-23-15-4-2-3-13(11-15)16(22)20-21-17(24)19-10-9-12-5-7-14(18)8-6-12/h2-8,11H,9-10H2,1H3,(H,20,22)(H2,19,21,24). The number of carbonyl (C=O) groups is 1. The summed E-state index contributed by atoms with van der Waals surface area (Å²) in [7, 11) is 1.55. The van der Waals surface area contributed by atoms with E-state index in [2.05, 4.69) is 16.2 Å². The molecule has 2 rings (SSSR count). The minimum atomic E-state index is -0.296. The van der Waals surface area contributed by atoms with Crippen LogP contribution < -0.4 is 20.9 Å². The molecular formula is C17H18ClN3O2S. The fraction of sp³-hybridized carbons (Fsp3) is 0.176. The predicted molar refractivity (Wildman–Crippen MR) is 99.4 cm³/mol. The van der Waals surface area contributed by atoms with Gasteiger partial charge in [0.1, 0.15) is 5.75 Å². The lowest BCUT2D eigenvalue weighted by molar-refractivity contribution is 0.0943. The average Bonchev–Trinajstić information content (AvgIpc) is 2.61. The van der Waals surface area contributed by atoms with Gasteiger partial charge in [-0.1, -0.05) is 29.8 Å². The monoisotopic (exact) mass is 363 g/mol. The Morgan fingerprint density at radius 3 is 2.62 bits per heavy atom. The molecule has 2 aromatic carbocycles. The van der Waals surface area contributed by atoms with Crippen LogP contribution in [0.1, 0.15) is 15.9 Å². The Bertz CT molecular complexity index is 707. The Morgan fingerprint density at radius 1 is 1.17 bits per heavy atom. The minimum Gasteiger partial charge on any atom is -0.497 e. The first kappa shape index (κ1) is 18.0. The molecule has 0 saturated heterocycles. The maximum absolute atomic E-state index is 12.0. The second-order valence-electron chi connectivity index (χ2n) is 4.94. The molecular weight excluding hydrogens is 346 g/mol. The number of thiocarbonyl (C=S) groups is 1. The molecule has 2 aromatic rings. The zero-order valence-corrected chi connectivity index (χ0v) is 14.7. The highest BCUT2D eigenvalue weighted by atomic mass is 35.5. The van der Waals surface area contributed by atoms with Crippen LogP contribution in [-0.2, 0) is 6.42 Å². The van der Waals surface area contributed by atoms with Crippen molar-refractivity contribution in [2.45, 2.75) is 6.42 Å². The Balaban J connectivity index is 1.72. The molecule has 0 aliphatic heterocycles. The van der Waals surface area contributed by atoms with Gasteiger partial charge in [0, 0.05) is 17.1 Å². The maximum atomic E-state index is 12.0. The van der Waals surface area contributed by atoms with Gasteiger partial charge >= 0.3 is 0 Å². The highest BCUT2D eigenvalue weighted by Gasteiger charge is 2.06. The normalized spacial score (nSPS) is 9.92. The van der Waals surface area contributed by atoms with Crippen LogP contribution in [0.3, 0.4) is 0 Å². The number of carbonyl (C=O) groups excluding carboxylic acids is 1. The van der Waals surface area contributed by atoms with Gasteiger partial charge in [-0.2, -0.15) is 0 Å². The number of halogens is 1. The van der Waals surface area contributed by atoms with E-state index in [0.29, 0.717) is 28.0 Å². The van der Waals surface area contributed by atoms with E-state index >= 15 is 0 Å². The Hall–Kier alpha value is -2.31. The number of amides is 1. The molecule has 5 nitrogen and oxygen atoms in total. The first-order chi connectivity index (χ1) is 11.6. The number of rotatable bonds is 5. The van der Waals surface area contributed by atoms with Gasteiger partial charge in [-0.05, 0) is 54.5 Å². The molecule has 0 spiro atoms. The van der Waals surface area contributed by atoms with E-state index in [-0.39, 0.29) is 5.91 Å². The lowest BCUT2D eigenvalue weighted by Gasteiger charge is -2.12. The zero-order chi connectivity index (χ0) is 17.4. The Morgan fingerprint density at radius 2 is 1.92 bits per heavy atom. The second kappa shape index (κ2) is 9.10. The Labute approximate surface area is 151 Å². The van der Waals surface area contributed by atoms with Gasteiger partial charge in [0.05, 0.1) is 7.11 Å². The Kier molecular flexibility index (Phi) is 6.84. The molecule has 0 fully saturated rings. The van der Waals surface area contributed by atoms with Crippen molar-refractivity contribution in [2.75, 3.05) is 13.7 Å². The summed E-state index contributed by atoms with van der Waals surface area (Å²) in [5.74, 6) is 0.321. The van der Waals surface area contributed by atoms with E-state index in [9.17, 15) is 4.79 Å². The number of benzene rings is 2. The number of ether oxygens (including phenoxy) is 1. The van der Waals surface area contributed by atoms with Crippen LogP contribution in [0.4, 0.5) is 0 Å². The number of nitrogens with one attached hydrogen (secondary N) is 3. The van der Waals surface area contributed by atoms with Gasteiger partial charge in [-0.25, -0.2) is 0 Å². The van der Waals surface area contributed by atoms with E-state index in [1.807, 2.05) is 24.3 Å². The predicted octanol–water partition coefficient (Wildman–Crippen LogP) is 2.70. The average molecular weight is 364 g/mol. The largest absolute Gasteiger partial charge is 0.497 e. The van der Waals surface area contributed by atoms with Gasteiger partial charge in [0.2, 0.25) is 0 Å². The molecule has 126 valence electrons. The number of hydrogen-bond acceptors (Lipinski definition) is 3. The van der Waals surface area contributed by atoms with E-state index in [1.165, 1.54) is 0 Å². The SMILES string of the molecule is COc1cccc(C(=O)NNC(=S)NCCc2ccc(Cl)cc2)c1. The molecule has 0 heterocycles. The molecule has 0 atom stereocenters. The van der Waals surface area contributed by atoms with Crippen molar-refractivity contribution in [1.29, 1.82) is 0 Å². The fourth-order valence-corrected chi connectivity index (χ4v) is 2.24. The van der Waals surface area contributed by atoms with Crippen LogP contribution in [0.5, 0.6) is 5.75 Å². The maximum Gasteiger partial charge on any atom is 0.269 e. The molecule has 0 unspecified atom stereocenters. The van der Waals surface area contributed by atoms with Crippen molar-refractivity contribution in [2.24, 2.45) is 0 Å². The summed E-state index contributed by atoms with van der Waals surface area (Å²) < 4.78 is 5.09. The van der Waals surface area contributed by atoms with Crippen molar-refractivity contribution >= 4 is 34.8 Å². The highest BCUT2D eigenvalue weighted by molar-refractivity contribution is 7.80. The molecule has 0 aliphatic carbocycles. The van der Waals surface area contributed by atoms with E-state index < -0.39 is 0 Å². The van der Waals surface area contributed by atoms with Crippen molar-refractivity contribution in [3.8, 4) is 5.75 Å². The van der Waals surface area contributed by atoms with Crippen LogP contribution in [0.15, 0.2) is 48.5 Å². The molecule has 0 bridgehead atoms. The molecule has 0 saturated carbocycles. The van der Waals surface area contributed by atoms with Crippen LogP contribution in [0.2, 0.25) is 5.02 Å². The zero-order valence-electron chi connectivity index (χ0n) is 13.1. The summed E-state index contributed by atoms with van der Waals surface area (Å²) >= 11 is 11.0. The van der Waals surface area contributed by atoms with E-state index in [1.54, 1.807) is 31.4 Å². The molecule has 24 heavy (non-hydrogen) atoms. The topological polar surface area (TPSA) is 62.4 Å². The van der Waals surface area contributed by atoms with E-state index in [4.69, 9.17) is 28.6 Å². The third-order valence-corrected chi connectivity index (χ3v) is 3.73. The van der Waals surface area contributed by atoms with Crippen molar-refractivity contribution in [3.63, 3.8) is 0 Å². The van der Waals surface area contributed by atoms with Gasteiger partial charge < -0.3 is 10.1 Å². The van der Waals surface area contributed by atoms with Crippen molar-refractivity contribution in [3.05, 3.63) is 64.7 Å². The summed E-state index contributed by atoms with van der Waals surface area (Å²) in [6.07, 6.45) is 0.794. The van der Waals surface area contributed by atoms with E-state index in [0.717, 1.165) is 12.0 Å². The van der Waals surface area contributed by atoms with Crippen molar-refractivity contribution < 1.29 is 9.53 Å². The first-order valence-electron chi connectivity index (χ1n) is 7.31. The van der Waals surface area contributed by atoms with Crippen molar-refractivity contribution in [1.82, 2.24) is 16.2 Å². The number of hydrazine groups is 1. The molecule has 1 amide bonds. The van der Waals surface area contributed by atoms with Gasteiger partial charge in [-0.3, -0.25) is 15.6 Å². The summed E-state index contributed by atoms with van der Waals surface area (Å²) in [4.78, 5) is 12.0. The first-order valence-corrected chi connectivity index (χ1v) is 8.10. The summed E-state index contributed by atoms with van der Waals surface area (Å²) in [6.45, 7) is 0.641. The van der Waals surface area contributed by atoms with Crippen LogP contribution in [-0.4, -0.2) is 24.7 Å². The molecule has 0 aromatic heterocycles.